The number of aromatic nitrogens is 1. The van der Waals surface area contributed by atoms with Crippen LogP contribution in [0.15, 0.2) is 17.3 Å². The maximum absolute atomic E-state index is 5.54. The second-order valence-corrected chi connectivity index (χ2v) is 3.03. The fourth-order valence-electron chi connectivity index (χ4n) is 1.24. The standard InChI is InChI=1S/C9H15N3/c1-7(2)12-5-4-8(6-10)9(12)11-3/h4-5,7H,3,6,10H2,1-2H3. The van der Waals surface area contributed by atoms with Gasteiger partial charge >= 0.3 is 0 Å². The van der Waals surface area contributed by atoms with Crippen molar-refractivity contribution in [2.24, 2.45) is 10.7 Å². The van der Waals surface area contributed by atoms with Crippen LogP contribution in [0.5, 0.6) is 0 Å². The van der Waals surface area contributed by atoms with Crippen molar-refractivity contribution in [1.82, 2.24) is 4.57 Å². The maximum atomic E-state index is 5.54. The van der Waals surface area contributed by atoms with Crippen molar-refractivity contribution < 1.29 is 0 Å². The molecule has 0 bridgehead atoms. The van der Waals surface area contributed by atoms with E-state index >= 15 is 0 Å². The maximum Gasteiger partial charge on any atom is 0.136 e. The van der Waals surface area contributed by atoms with Gasteiger partial charge in [0.15, 0.2) is 0 Å². The van der Waals surface area contributed by atoms with Gasteiger partial charge in [-0.15, -0.1) is 0 Å². The van der Waals surface area contributed by atoms with Gasteiger partial charge in [0.05, 0.1) is 0 Å². The molecule has 1 aromatic heterocycles. The van der Waals surface area contributed by atoms with Crippen LogP contribution in [0.4, 0.5) is 5.82 Å². The first-order chi connectivity index (χ1) is 5.70. The lowest BCUT2D eigenvalue weighted by atomic mass is 10.3. The molecule has 0 unspecified atom stereocenters. The van der Waals surface area contributed by atoms with Crippen molar-refractivity contribution in [3.8, 4) is 0 Å². The number of nitrogens with zero attached hydrogens (tertiary/aromatic N) is 2. The third-order valence-electron chi connectivity index (χ3n) is 1.89. The molecule has 3 heteroatoms. The van der Waals surface area contributed by atoms with E-state index < -0.39 is 0 Å². The quantitative estimate of drug-likeness (QED) is 0.682. The van der Waals surface area contributed by atoms with E-state index in [1.54, 1.807) is 0 Å². The van der Waals surface area contributed by atoms with Crippen LogP contribution in [-0.2, 0) is 6.54 Å². The van der Waals surface area contributed by atoms with Gasteiger partial charge in [-0.2, -0.15) is 0 Å². The monoisotopic (exact) mass is 165 g/mol. The Morgan fingerprint density at radius 3 is 2.75 bits per heavy atom. The molecule has 3 nitrogen and oxygen atoms in total. The summed E-state index contributed by atoms with van der Waals surface area (Å²) in [5.74, 6) is 0.896. The summed E-state index contributed by atoms with van der Waals surface area (Å²) in [4.78, 5) is 3.96. The Bertz CT molecular complexity index is 273. The minimum atomic E-state index is 0.408. The van der Waals surface area contributed by atoms with Crippen LogP contribution < -0.4 is 5.73 Å². The highest BCUT2D eigenvalue weighted by atomic mass is 15.1. The largest absolute Gasteiger partial charge is 0.330 e. The van der Waals surface area contributed by atoms with Gasteiger partial charge in [0, 0.05) is 24.3 Å². The zero-order chi connectivity index (χ0) is 9.14. The van der Waals surface area contributed by atoms with Crippen LogP contribution in [0.3, 0.4) is 0 Å². The van der Waals surface area contributed by atoms with Crippen molar-refractivity contribution in [3.63, 3.8) is 0 Å². The minimum Gasteiger partial charge on any atom is -0.330 e. The lowest BCUT2D eigenvalue weighted by Gasteiger charge is -2.09. The molecule has 0 fully saturated rings. The highest BCUT2D eigenvalue weighted by Gasteiger charge is 2.07. The van der Waals surface area contributed by atoms with Crippen LogP contribution in [0.25, 0.3) is 0 Å². The number of hydrogen-bond donors (Lipinski definition) is 1. The van der Waals surface area contributed by atoms with Gasteiger partial charge in [-0.05, 0) is 26.6 Å². The third-order valence-corrected chi connectivity index (χ3v) is 1.89. The van der Waals surface area contributed by atoms with Gasteiger partial charge in [0.2, 0.25) is 0 Å². The molecule has 2 N–H and O–H groups in total. The van der Waals surface area contributed by atoms with E-state index in [1.807, 2.05) is 12.3 Å². The van der Waals surface area contributed by atoms with E-state index in [4.69, 9.17) is 5.73 Å². The van der Waals surface area contributed by atoms with E-state index in [9.17, 15) is 0 Å². The average molecular weight is 165 g/mol. The molecule has 12 heavy (non-hydrogen) atoms. The van der Waals surface area contributed by atoms with Gasteiger partial charge in [0.1, 0.15) is 5.82 Å². The second kappa shape index (κ2) is 3.54. The Morgan fingerprint density at radius 1 is 1.67 bits per heavy atom. The Hall–Kier alpha value is -1.09. The summed E-state index contributed by atoms with van der Waals surface area (Å²) in [6.45, 7) is 8.26. The van der Waals surface area contributed by atoms with Gasteiger partial charge in [-0.25, -0.2) is 4.99 Å². The Kier molecular flexibility index (Phi) is 2.65. The summed E-state index contributed by atoms with van der Waals surface area (Å²) in [5, 5.41) is 0. The van der Waals surface area contributed by atoms with Crippen molar-refractivity contribution in [2.75, 3.05) is 0 Å². The van der Waals surface area contributed by atoms with Crippen LogP contribution in [0.1, 0.15) is 25.5 Å². The van der Waals surface area contributed by atoms with E-state index in [2.05, 4.69) is 30.1 Å². The van der Waals surface area contributed by atoms with E-state index in [0.29, 0.717) is 12.6 Å². The molecule has 0 saturated heterocycles. The average Bonchev–Trinajstić information content (AvgIpc) is 2.46. The summed E-state index contributed by atoms with van der Waals surface area (Å²) in [6.07, 6.45) is 2.00. The molecular weight excluding hydrogens is 150 g/mol. The lowest BCUT2D eigenvalue weighted by molar-refractivity contribution is 0.607. The molecule has 0 aliphatic heterocycles. The third kappa shape index (κ3) is 1.41. The predicted octanol–water partition coefficient (Wildman–Crippen LogP) is 1.86. The topological polar surface area (TPSA) is 43.3 Å². The molecule has 0 aliphatic carbocycles. The van der Waals surface area contributed by atoms with E-state index in [1.165, 1.54) is 0 Å². The number of nitrogens with two attached hydrogens (primary N) is 1. The first-order valence-electron chi connectivity index (χ1n) is 4.07. The molecule has 66 valence electrons. The molecular formula is C9H15N3. The Balaban J connectivity index is 3.13. The van der Waals surface area contributed by atoms with Gasteiger partial charge in [0.25, 0.3) is 0 Å². The molecule has 1 heterocycles. The van der Waals surface area contributed by atoms with Crippen LogP contribution >= 0.6 is 0 Å². The van der Waals surface area contributed by atoms with Crippen molar-refractivity contribution in [1.29, 1.82) is 0 Å². The van der Waals surface area contributed by atoms with Crippen LogP contribution in [0, 0.1) is 0 Å². The van der Waals surface area contributed by atoms with Crippen LogP contribution in [-0.4, -0.2) is 11.3 Å². The highest BCUT2D eigenvalue weighted by Crippen LogP contribution is 2.23. The predicted molar refractivity (Wildman–Crippen MR) is 51.9 cm³/mol. The zero-order valence-corrected chi connectivity index (χ0v) is 7.62. The molecule has 1 aromatic rings. The van der Waals surface area contributed by atoms with E-state index in [0.717, 1.165) is 11.4 Å². The molecule has 0 radical (unpaired) electrons. The van der Waals surface area contributed by atoms with Crippen molar-refractivity contribution >= 4 is 12.5 Å². The molecule has 0 aliphatic rings. The fraction of sp³-hybridized carbons (Fsp3) is 0.444. The normalized spacial score (nSPS) is 10.7. The van der Waals surface area contributed by atoms with E-state index in [-0.39, 0.29) is 0 Å². The van der Waals surface area contributed by atoms with Gasteiger partial charge in [-0.1, -0.05) is 0 Å². The molecule has 0 saturated carbocycles. The minimum absolute atomic E-state index is 0.408. The smallest absolute Gasteiger partial charge is 0.136 e. The molecule has 0 amide bonds. The summed E-state index contributed by atoms with van der Waals surface area (Å²) < 4.78 is 2.06. The Morgan fingerprint density at radius 2 is 2.33 bits per heavy atom. The lowest BCUT2D eigenvalue weighted by Crippen LogP contribution is -2.00. The summed E-state index contributed by atoms with van der Waals surface area (Å²) in [7, 11) is 0. The zero-order valence-electron chi connectivity index (χ0n) is 7.62. The van der Waals surface area contributed by atoms with Crippen molar-refractivity contribution in [3.05, 3.63) is 17.8 Å². The highest BCUT2D eigenvalue weighted by molar-refractivity contribution is 5.47. The molecule has 0 aromatic carbocycles. The molecule has 0 spiro atoms. The van der Waals surface area contributed by atoms with Gasteiger partial charge in [-0.3, -0.25) is 0 Å². The fourth-order valence-corrected chi connectivity index (χ4v) is 1.24. The Labute approximate surface area is 72.9 Å². The number of aliphatic imine (C=N–C) groups is 1. The number of hydrogen-bond acceptors (Lipinski definition) is 2. The first kappa shape index (κ1) is 9.00. The summed E-state index contributed by atoms with van der Waals surface area (Å²) in [6, 6.07) is 2.40. The van der Waals surface area contributed by atoms with Crippen LogP contribution in [0.2, 0.25) is 0 Å². The van der Waals surface area contributed by atoms with Gasteiger partial charge < -0.3 is 10.3 Å². The summed E-state index contributed by atoms with van der Waals surface area (Å²) in [5.41, 5.74) is 6.59. The SMILES string of the molecule is C=Nc1c(CN)ccn1C(C)C. The number of rotatable bonds is 3. The summed E-state index contributed by atoms with van der Waals surface area (Å²) >= 11 is 0. The second-order valence-electron chi connectivity index (χ2n) is 3.03. The molecule has 0 atom stereocenters. The van der Waals surface area contributed by atoms with Crippen molar-refractivity contribution in [2.45, 2.75) is 26.4 Å². The first-order valence-corrected chi connectivity index (χ1v) is 4.07. The molecule has 1 rings (SSSR count).